The molecule has 2 aromatic carbocycles. The summed E-state index contributed by atoms with van der Waals surface area (Å²) in [5, 5.41) is 0. The molecule has 0 bridgehead atoms. The normalized spacial score (nSPS) is 10.4. The number of nitrogens with one attached hydrogen (secondary N) is 1. The maximum atomic E-state index is 11.7. The van der Waals surface area contributed by atoms with E-state index >= 15 is 0 Å². The third kappa shape index (κ3) is 4.49. The van der Waals surface area contributed by atoms with Crippen LogP contribution in [0, 0.1) is 0 Å². The molecule has 5 N–H and O–H groups in total. The van der Waals surface area contributed by atoms with E-state index in [2.05, 4.69) is 16.9 Å². The number of aromatic nitrogens is 2. The van der Waals surface area contributed by atoms with Gasteiger partial charge in [-0.1, -0.05) is 44.0 Å². The Morgan fingerprint density at radius 3 is 2.56 bits per heavy atom. The van der Waals surface area contributed by atoms with E-state index in [0.717, 1.165) is 41.6 Å². The van der Waals surface area contributed by atoms with E-state index in [1.807, 2.05) is 30.3 Å². The Balaban J connectivity index is 0.00000261. The molecule has 1 amide bonds. The van der Waals surface area contributed by atoms with Gasteiger partial charge in [-0.3, -0.25) is 4.79 Å². The van der Waals surface area contributed by atoms with Crippen LogP contribution < -0.4 is 11.5 Å². The van der Waals surface area contributed by atoms with Crippen molar-refractivity contribution in [2.45, 2.75) is 32.6 Å². The topological polar surface area (TPSA) is 97.8 Å². The minimum absolute atomic E-state index is 0. The first kappa shape index (κ1) is 20.5. The van der Waals surface area contributed by atoms with Crippen molar-refractivity contribution in [2.75, 3.05) is 5.73 Å². The lowest BCUT2D eigenvalue weighted by Crippen LogP contribution is -2.11. The highest BCUT2D eigenvalue weighted by atomic mass is 35.5. The van der Waals surface area contributed by atoms with Crippen molar-refractivity contribution in [3.8, 4) is 22.4 Å². The van der Waals surface area contributed by atoms with Crippen LogP contribution in [0.1, 0.15) is 42.1 Å². The van der Waals surface area contributed by atoms with Crippen LogP contribution in [0.3, 0.4) is 0 Å². The van der Waals surface area contributed by atoms with Crippen LogP contribution in [-0.4, -0.2) is 15.9 Å². The van der Waals surface area contributed by atoms with Gasteiger partial charge in [0.05, 0.1) is 18.2 Å². The van der Waals surface area contributed by atoms with Gasteiger partial charge in [0.15, 0.2) is 0 Å². The molecule has 0 aliphatic heterocycles. The van der Waals surface area contributed by atoms with Gasteiger partial charge < -0.3 is 16.5 Å². The molecule has 0 saturated heterocycles. The second kappa shape index (κ2) is 9.24. The average Bonchev–Trinajstić information content (AvgIpc) is 3.17. The van der Waals surface area contributed by atoms with E-state index < -0.39 is 5.91 Å². The van der Waals surface area contributed by atoms with Crippen molar-refractivity contribution >= 4 is 24.0 Å². The van der Waals surface area contributed by atoms with Crippen LogP contribution in [-0.2, 0) is 6.42 Å². The molecule has 6 heteroatoms. The summed E-state index contributed by atoms with van der Waals surface area (Å²) >= 11 is 0. The monoisotopic (exact) mass is 384 g/mol. The number of unbranched alkanes of at least 4 members (excludes halogenated alkanes) is 2. The molecule has 0 aliphatic carbocycles. The van der Waals surface area contributed by atoms with Crippen LogP contribution in [0.5, 0.6) is 0 Å². The molecule has 0 atom stereocenters. The summed E-state index contributed by atoms with van der Waals surface area (Å²) in [6.45, 7) is 2.18. The summed E-state index contributed by atoms with van der Waals surface area (Å²) in [5.74, 6) is -0.436. The number of amides is 1. The number of anilines is 1. The van der Waals surface area contributed by atoms with Gasteiger partial charge in [-0.25, -0.2) is 4.98 Å². The molecule has 1 heterocycles. The van der Waals surface area contributed by atoms with Crippen molar-refractivity contribution in [2.24, 2.45) is 5.73 Å². The number of aryl methyl sites for hydroxylation is 1. The first-order valence-corrected chi connectivity index (χ1v) is 8.92. The summed E-state index contributed by atoms with van der Waals surface area (Å²) in [5.41, 5.74) is 18.0. The third-order valence-corrected chi connectivity index (χ3v) is 4.63. The summed E-state index contributed by atoms with van der Waals surface area (Å²) < 4.78 is 0. The number of nitrogens with zero attached hydrogens (tertiary/aromatic N) is 1. The summed E-state index contributed by atoms with van der Waals surface area (Å²) in [7, 11) is 0. The molecule has 0 unspecified atom stereocenters. The molecular weight excluding hydrogens is 360 g/mol. The van der Waals surface area contributed by atoms with Crippen LogP contribution in [0.2, 0.25) is 0 Å². The Bertz CT molecular complexity index is 907. The number of carbonyl (C=O) groups is 1. The number of nitrogen functional groups attached to an aromatic ring is 1. The maximum absolute atomic E-state index is 11.7. The molecule has 27 heavy (non-hydrogen) atoms. The highest BCUT2D eigenvalue weighted by molar-refractivity contribution is 5.96. The number of benzene rings is 2. The molecule has 0 fully saturated rings. The van der Waals surface area contributed by atoms with Gasteiger partial charge in [-0.15, -0.1) is 12.4 Å². The smallest absolute Gasteiger partial charge is 0.248 e. The molecule has 1 aromatic heterocycles. The predicted molar refractivity (Wildman–Crippen MR) is 113 cm³/mol. The molecule has 142 valence electrons. The van der Waals surface area contributed by atoms with Gasteiger partial charge in [0.2, 0.25) is 5.91 Å². The number of carbonyl (C=O) groups excluding carboxylic acids is 1. The molecular formula is C21H25ClN4O. The highest BCUT2D eigenvalue weighted by Gasteiger charge is 2.14. The van der Waals surface area contributed by atoms with Gasteiger partial charge in [-0.05, 0) is 36.1 Å². The van der Waals surface area contributed by atoms with Crippen molar-refractivity contribution < 1.29 is 4.79 Å². The molecule has 3 aromatic rings. The number of rotatable bonds is 7. The fourth-order valence-corrected chi connectivity index (χ4v) is 3.20. The lowest BCUT2D eigenvalue weighted by molar-refractivity contribution is 0.100. The Morgan fingerprint density at radius 2 is 1.89 bits per heavy atom. The van der Waals surface area contributed by atoms with Crippen molar-refractivity contribution in [3.05, 3.63) is 60.0 Å². The molecule has 0 spiro atoms. The largest absolute Gasteiger partial charge is 0.398 e. The van der Waals surface area contributed by atoms with Crippen molar-refractivity contribution in [1.82, 2.24) is 9.97 Å². The minimum Gasteiger partial charge on any atom is -0.398 e. The van der Waals surface area contributed by atoms with E-state index in [9.17, 15) is 4.79 Å². The number of hydrogen-bond acceptors (Lipinski definition) is 3. The third-order valence-electron chi connectivity index (χ3n) is 4.63. The Labute approximate surface area is 165 Å². The Kier molecular flexibility index (Phi) is 7.02. The quantitative estimate of drug-likeness (QED) is 0.410. The van der Waals surface area contributed by atoms with E-state index in [4.69, 9.17) is 11.5 Å². The lowest BCUT2D eigenvalue weighted by atomic mass is 9.91. The van der Waals surface area contributed by atoms with Gasteiger partial charge in [0.1, 0.15) is 0 Å². The Morgan fingerprint density at radius 1 is 1.11 bits per heavy atom. The number of para-hydroxylation sites is 1. The van der Waals surface area contributed by atoms with Crippen molar-refractivity contribution in [3.63, 3.8) is 0 Å². The number of aromatic amines is 1. The van der Waals surface area contributed by atoms with Crippen LogP contribution in [0.25, 0.3) is 22.4 Å². The fourth-order valence-electron chi connectivity index (χ4n) is 3.20. The number of imidazole rings is 1. The molecule has 5 nitrogen and oxygen atoms in total. The van der Waals surface area contributed by atoms with E-state index in [-0.39, 0.29) is 12.4 Å². The second-order valence-corrected chi connectivity index (χ2v) is 6.43. The summed E-state index contributed by atoms with van der Waals surface area (Å²) in [4.78, 5) is 18.8. The number of nitrogens with two attached hydrogens (primary N) is 2. The van der Waals surface area contributed by atoms with Gasteiger partial charge >= 0.3 is 0 Å². The molecule has 0 saturated carbocycles. The SMILES string of the molecule is CCCCCc1ccc(C(N)=O)cc1-c1cccc(-c2cnc[nH]2)c1N.Cl. The van der Waals surface area contributed by atoms with Gasteiger partial charge in [-0.2, -0.15) is 0 Å². The highest BCUT2D eigenvalue weighted by Crippen LogP contribution is 2.36. The van der Waals surface area contributed by atoms with Crippen LogP contribution in [0.4, 0.5) is 5.69 Å². The van der Waals surface area contributed by atoms with E-state index in [1.165, 1.54) is 12.0 Å². The fraction of sp³-hybridized carbons (Fsp3) is 0.238. The van der Waals surface area contributed by atoms with Gasteiger partial charge in [0, 0.05) is 22.4 Å². The first-order chi connectivity index (χ1) is 12.6. The standard InChI is InChI=1S/C21H24N4O.ClH/c1-2-3-4-6-14-9-10-15(21(23)26)11-18(14)16-7-5-8-17(20(16)22)19-12-24-13-25-19;/h5,7-13H,2-4,6,22H2,1H3,(H2,23,26)(H,24,25);1H. The Hall–Kier alpha value is -2.79. The lowest BCUT2D eigenvalue weighted by Gasteiger charge is -2.15. The number of hydrogen-bond donors (Lipinski definition) is 3. The van der Waals surface area contributed by atoms with Crippen molar-refractivity contribution in [1.29, 1.82) is 0 Å². The van der Waals surface area contributed by atoms with Crippen LogP contribution >= 0.6 is 12.4 Å². The van der Waals surface area contributed by atoms with Crippen LogP contribution in [0.15, 0.2) is 48.9 Å². The second-order valence-electron chi connectivity index (χ2n) is 6.43. The molecule has 0 aliphatic rings. The molecule has 0 radical (unpaired) electrons. The summed E-state index contributed by atoms with van der Waals surface area (Å²) in [6.07, 6.45) is 7.74. The predicted octanol–water partition coefficient (Wildman–Crippen LogP) is 4.58. The molecule has 3 rings (SSSR count). The first-order valence-electron chi connectivity index (χ1n) is 8.92. The number of primary amides is 1. The zero-order valence-electron chi connectivity index (χ0n) is 15.4. The number of halogens is 1. The van der Waals surface area contributed by atoms with E-state index in [0.29, 0.717) is 11.3 Å². The zero-order chi connectivity index (χ0) is 18.5. The maximum Gasteiger partial charge on any atom is 0.248 e. The van der Waals surface area contributed by atoms with Gasteiger partial charge in [0.25, 0.3) is 0 Å². The minimum atomic E-state index is -0.436. The zero-order valence-corrected chi connectivity index (χ0v) is 16.2. The summed E-state index contributed by atoms with van der Waals surface area (Å²) in [6, 6.07) is 11.6. The average molecular weight is 385 g/mol. The van der Waals surface area contributed by atoms with E-state index in [1.54, 1.807) is 18.6 Å². The number of H-pyrrole nitrogens is 1.